The standard InChI is InChI=1S/C51H94O6/c1-4-7-10-13-16-19-22-24-25-26-28-29-32-35-38-41-44-50(53)56-47-48(46-55-49(52)43-40-37-34-31-21-18-15-12-9-6-3)57-51(54)45-42-39-36-33-30-27-23-20-17-14-11-8-5-2/h12,15,20,23,48H,4-11,13-14,16-19,21-22,24-47H2,1-3H3/b15-12-,23-20-. The lowest BCUT2D eigenvalue weighted by Gasteiger charge is -2.18. The van der Waals surface area contributed by atoms with Gasteiger partial charge in [0.1, 0.15) is 13.2 Å². The fourth-order valence-corrected chi connectivity index (χ4v) is 7.15. The highest BCUT2D eigenvalue weighted by atomic mass is 16.6. The molecule has 0 saturated heterocycles. The summed E-state index contributed by atoms with van der Waals surface area (Å²) < 4.78 is 16.7. The van der Waals surface area contributed by atoms with Crippen molar-refractivity contribution in [2.45, 2.75) is 271 Å². The molecule has 0 aromatic carbocycles. The molecule has 0 aliphatic carbocycles. The number of esters is 3. The number of unbranched alkanes of at least 4 members (excludes halogenated alkanes) is 30. The smallest absolute Gasteiger partial charge is 0.306 e. The van der Waals surface area contributed by atoms with Gasteiger partial charge in [0.25, 0.3) is 0 Å². The van der Waals surface area contributed by atoms with Crippen molar-refractivity contribution >= 4 is 17.9 Å². The van der Waals surface area contributed by atoms with Crippen molar-refractivity contribution in [3.63, 3.8) is 0 Å². The van der Waals surface area contributed by atoms with Crippen LogP contribution in [0, 0.1) is 0 Å². The number of hydrogen-bond donors (Lipinski definition) is 0. The highest BCUT2D eigenvalue weighted by Gasteiger charge is 2.19. The van der Waals surface area contributed by atoms with E-state index in [4.69, 9.17) is 14.2 Å². The summed E-state index contributed by atoms with van der Waals surface area (Å²) in [4.78, 5) is 37.8. The van der Waals surface area contributed by atoms with E-state index < -0.39 is 6.10 Å². The maximum absolute atomic E-state index is 12.7. The molecule has 0 radical (unpaired) electrons. The van der Waals surface area contributed by atoms with Gasteiger partial charge in [0.05, 0.1) is 0 Å². The van der Waals surface area contributed by atoms with Gasteiger partial charge in [-0.1, -0.05) is 206 Å². The van der Waals surface area contributed by atoms with E-state index in [0.29, 0.717) is 19.3 Å². The molecule has 0 saturated carbocycles. The first kappa shape index (κ1) is 54.9. The number of carbonyl (C=O) groups is 3. The monoisotopic (exact) mass is 803 g/mol. The number of carbonyl (C=O) groups excluding carboxylic acids is 3. The van der Waals surface area contributed by atoms with Gasteiger partial charge in [-0.15, -0.1) is 0 Å². The maximum atomic E-state index is 12.7. The molecule has 0 aliphatic heterocycles. The van der Waals surface area contributed by atoms with Gasteiger partial charge in [-0.2, -0.15) is 0 Å². The van der Waals surface area contributed by atoms with Crippen molar-refractivity contribution in [2.24, 2.45) is 0 Å². The molecule has 0 amide bonds. The molecular formula is C51H94O6. The van der Waals surface area contributed by atoms with Gasteiger partial charge in [0.15, 0.2) is 6.10 Å². The lowest BCUT2D eigenvalue weighted by atomic mass is 10.0. The minimum atomic E-state index is -0.772. The predicted molar refractivity (Wildman–Crippen MR) is 243 cm³/mol. The Hall–Kier alpha value is -2.11. The summed E-state index contributed by atoms with van der Waals surface area (Å²) in [6.07, 6.45) is 51.6. The Morgan fingerprint density at radius 3 is 0.965 bits per heavy atom. The van der Waals surface area contributed by atoms with Crippen LogP contribution in [0.15, 0.2) is 24.3 Å². The average molecular weight is 803 g/mol. The zero-order valence-electron chi connectivity index (χ0n) is 38.1. The normalized spacial score (nSPS) is 12.1. The third kappa shape index (κ3) is 44.8. The molecule has 1 unspecified atom stereocenters. The van der Waals surface area contributed by atoms with Crippen LogP contribution in [0.4, 0.5) is 0 Å². The van der Waals surface area contributed by atoms with Crippen molar-refractivity contribution < 1.29 is 28.6 Å². The predicted octanol–water partition coefficient (Wildman–Crippen LogP) is 16.0. The highest BCUT2D eigenvalue weighted by Crippen LogP contribution is 2.15. The van der Waals surface area contributed by atoms with Crippen molar-refractivity contribution in [1.29, 1.82) is 0 Å². The lowest BCUT2D eigenvalue weighted by Crippen LogP contribution is -2.30. The van der Waals surface area contributed by atoms with E-state index >= 15 is 0 Å². The third-order valence-electron chi connectivity index (χ3n) is 10.9. The number of ether oxygens (including phenoxy) is 3. The van der Waals surface area contributed by atoms with Crippen molar-refractivity contribution in [3.05, 3.63) is 24.3 Å². The van der Waals surface area contributed by atoms with E-state index in [1.807, 2.05) is 0 Å². The molecule has 0 fully saturated rings. The first-order chi connectivity index (χ1) is 28.0. The van der Waals surface area contributed by atoms with E-state index in [1.165, 1.54) is 148 Å². The summed E-state index contributed by atoms with van der Waals surface area (Å²) in [6.45, 7) is 6.57. The number of rotatable bonds is 45. The average Bonchev–Trinajstić information content (AvgIpc) is 3.21. The summed E-state index contributed by atoms with van der Waals surface area (Å²) >= 11 is 0. The van der Waals surface area contributed by atoms with Gasteiger partial charge in [-0.25, -0.2) is 0 Å². The summed E-state index contributed by atoms with van der Waals surface area (Å²) in [5.74, 6) is -0.884. The Labute approximate surface area is 353 Å². The molecule has 334 valence electrons. The van der Waals surface area contributed by atoms with Gasteiger partial charge < -0.3 is 14.2 Å². The summed E-state index contributed by atoms with van der Waals surface area (Å²) in [5, 5.41) is 0. The second kappa shape index (κ2) is 46.6. The second-order valence-electron chi connectivity index (χ2n) is 16.7. The summed E-state index contributed by atoms with van der Waals surface area (Å²) in [6, 6.07) is 0. The van der Waals surface area contributed by atoms with Gasteiger partial charge in [-0.05, 0) is 64.2 Å². The molecular weight excluding hydrogens is 709 g/mol. The van der Waals surface area contributed by atoms with E-state index in [2.05, 4.69) is 45.1 Å². The minimum absolute atomic E-state index is 0.0739. The Kier molecular flexibility index (Phi) is 44.9. The SMILES string of the molecule is CCC/C=C\CCCCCCCC(=O)OCC(COC(=O)CCCCCCCCCCCCCCCCCC)OC(=O)CCCCCCC/C=C\CCCCCC. The van der Waals surface area contributed by atoms with E-state index in [0.717, 1.165) is 77.0 Å². The minimum Gasteiger partial charge on any atom is -0.462 e. The molecule has 0 aromatic rings. The molecule has 1 atom stereocenters. The van der Waals surface area contributed by atoms with E-state index in [1.54, 1.807) is 0 Å². The van der Waals surface area contributed by atoms with Crippen LogP contribution in [0.1, 0.15) is 265 Å². The molecule has 6 heteroatoms. The van der Waals surface area contributed by atoms with E-state index in [9.17, 15) is 14.4 Å². The Balaban J connectivity index is 4.32. The molecule has 0 heterocycles. The zero-order valence-corrected chi connectivity index (χ0v) is 38.1. The van der Waals surface area contributed by atoms with Crippen LogP contribution in [0.5, 0.6) is 0 Å². The van der Waals surface area contributed by atoms with Crippen LogP contribution in [-0.2, 0) is 28.6 Å². The van der Waals surface area contributed by atoms with Gasteiger partial charge >= 0.3 is 17.9 Å². The second-order valence-corrected chi connectivity index (χ2v) is 16.7. The third-order valence-corrected chi connectivity index (χ3v) is 10.9. The molecule has 6 nitrogen and oxygen atoms in total. The van der Waals surface area contributed by atoms with Crippen LogP contribution in [-0.4, -0.2) is 37.2 Å². The van der Waals surface area contributed by atoms with Crippen LogP contribution >= 0.6 is 0 Å². The maximum Gasteiger partial charge on any atom is 0.306 e. The molecule has 0 bridgehead atoms. The van der Waals surface area contributed by atoms with Gasteiger partial charge in [0, 0.05) is 19.3 Å². The van der Waals surface area contributed by atoms with Crippen molar-refractivity contribution in [3.8, 4) is 0 Å². The van der Waals surface area contributed by atoms with Crippen molar-refractivity contribution in [2.75, 3.05) is 13.2 Å². The fourth-order valence-electron chi connectivity index (χ4n) is 7.15. The zero-order chi connectivity index (χ0) is 41.5. The first-order valence-corrected chi connectivity index (χ1v) is 24.8. The fraction of sp³-hybridized carbons (Fsp3) is 0.863. The Morgan fingerprint density at radius 1 is 0.333 bits per heavy atom. The molecule has 0 aliphatic rings. The topological polar surface area (TPSA) is 78.9 Å². The lowest BCUT2D eigenvalue weighted by molar-refractivity contribution is -0.167. The molecule has 0 spiro atoms. The van der Waals surface area contributed by atoms with Crippen LogP contribution in [0.25, 0.3) is 0 Å². The summed E-state index contributed by atoms with van der Waals surface area (Å²) in [7, 11) is 0. The Morgan fingerprint density at radius 2 is 0.614 bits per heavy atom. The molecule has 0 rings (SSSR count). The number of allylic oxidation sites excluding steroid dienone is 4. The molecule has 57 heavy (non-hydrogen) atoms. The Bertz CT molecular complexity index is 927. The van der Waals surface area contributed by atoms with Gasteiger partial charge in [0.2, 0.25) is 0 Å². The van der Waals surface area contributed by atoms with Crippen molar-refractivity contribution in [1.82, 2.24) is 0 Å². The highest BCUT2D eigenvalue weighted by molar-refractivity contribution is 5.71. The van der Waals surface area contributed by atoms with Crippen LogP contribution in [0.3, 0.4) is 0 Å². The van der Waals surface area contributed by atoms with Crippen LogP contribution in [0.2, 0.25) is 0 Å². The molecule has 0 N–H and O–H groups in total. The largest absolute Gasteiger partial charge is 0.462 e. The van der Waals surface area contributed by atoms with Crippen LogP contribution < -0.4 is 0 Å². The molecule has 0 aromatic heterocycles. The van der Waals surface area contributed by atoms with Gasteiger partial charge in [-0.3, -0.25) is 14.4 Å². The number of hydrogen-bond acceptors (Lipinski definition) is 6. The van der Waals surface area contributed by atoms with E-state index in [-0.39, 0.29) is 31.1 Å². The first-order valence-electron chi connectivity index (χ1n) is 24.8. The quantitative estimate of drug-likeness (QED) is 0.0264. The summed E-state index contributed by atoms with van der Waals surface area (Å²) in [5.41, 5.74) is 0.